The maximum atomic E-state index is 12.3. The summed E-state index contributed by atoms with van der Waals surface area (Å²) < 4.78 is 0. The van der Waals surface area contributed by atoms with Gasteiger partial charge in [0.25, 0.3) is 0 Å². The molecule has 1 N–H and O–H groups in total. The van der Waals surface area contributed by atoms with E-state index in [1.54, 1.807) is 4.90 Å². The van der Waals surface area contributed by atoms with Gasteiger partial charge in [0.05, 0.1) is 0 Å². The van der Waals surface area contributed by atoms with E-state index in [0.717, 1.165) is 24.2 Å². The van der Waals surface area contributed by atoms with Gasteiger partial charge in [0.1, 0.15) is 6.42 Å². The average molecular weight is 305 g/mol. The molecule has 0 aromatic heterocycles. The van der Waals surface area contributed by atoms with Gasteiger partial charge in [0, 0.05) is 18.8 Å². The predicted octanol–water partition coefficient (Wildman–Crippen LogP) is 1.81. The van der Waals surface area contributed by atoms with Gasteiger partial charge in [0.15, 0.2) is 0 Å². The second-order valence-corrected chi connectivity index (χ2v) is 5.66. The summed E-state index contributed by atoms with van der Waals surface area (Å²) in [7, 11) is 3.98. The number of nitrogens with zero attached hydrogens (tertiary/aromatic N) is 2. The highest BCUT2D eigenvalue weighted by atomic mass is 16.2. The second-order valence-electron chi connectivity index (χ2n) is 5.66. The quantitative estimate of drug-likeness (QED) is 0.588. The zero-order chi connectivity index (χ0) is 16.5. The maximum Gasteiger partial charge on any atom is 0.236 e. The molecule has 122 valence electrons. The number of hydrogen-bond acceptors (Lipinski definition) is 3. The predicted molar refractivity (Wildman–Crippen MR) is 90.0 cm³/mol. The fraction of sp³-hybridized carbons (Fsp3) is 0.529. The van der Waals surface area contributed by atoms with Crippen LogP contribution in [0.1, 0.15) is 25.3 Å². The summed E-state index contributed by atoms with van der Waals surface area (Å²) in [5.41, 5.74) is 1.93. The first-order valence-corrected chi connectivity index (χ1v) is 7.72. The highest BCUT2D eigenvalue weighted by Crippen LogP contribution is 2.16. The van der Waals surface area contributed by atoms with Crippen LogP contribution < -0.4 is 10.2 Å². The molecule has 0 fully saturated rings. The highest BCUT2D eigenvalue weighted by molar-refractivity contribution is 6.04. The third kappa shape index (κ3) is 6.26. The van der Waals surface area contributed by atoms with Crippen LogP contribution in [0, 0.1) is 6.92 Å². The van der Waals surface area contributed by atoms with Crippen molar-refractivity contribution in [3.63, 3.8) is 0 Å². The Morgan fingerprint density at radius 2 is 1.95 bits per heavy atom. The lowest BCUT2D eigenvalue weighted by molar-refractivity contribution is -0.127. The molecule has 0 aliphatic heterocycles. The van der Waals surface area contributed by atoms with Crippen LogP contribution in [0.2, 0.25) is 0 Å². The summed E-state index contributed by atoms with van der Waals surface area (Å²) >= 11 is 0. The zero-order valence-electron chi connectivity index (χ0n) is 14.1. The number of rotatable bonds is 8. The third-order valence-corrected chi connectivity index (χ3v) is 3.35. The summed E-state index contributed by atoms with van der Waals surface area (Å²) in [4.78, 5) is 27.8. The van der Waals surface area contributed by atoms with Gasteiger partial charge in [-0.25, -0.2) is 0 Å². The van der Waals surface area contributed by atoms with Crippen molar-refractivity contribution < 1.29 is 9.59 Å². The Labute approximate surface area is 133 Å². The van der Waals surface area contributed by atoms with E-state index in [1.165, 1.54) is 0 Å². The highest BCUT2D eigenvalue weighted by Gasteiger charge is 2.17. The van der Waals surface area contributed by atoms with Crippen LogP contribution in [0.5, 0.6) is 0 Å². The molecule has 5 nitrogen and oxygen atoms in total. The van der Waals surface area contributed by atoms with Gasteiger partial charge in [-0.3, -0.25) is 9.59 Å². The van der Waals surface area contributed by atoms with Crippen molar-refractivity contribution in [2.24, 2.45) is 0 Å². The van der Waals surface area contributed by atoms with Crippen LogP contribution in [0.15, 0.2) is 24.3 Å². The van der Waals surface area contributed by atoms with Gasteiger partial charge in [-0.1, -0.05) is 12.1 Å². The Morgan fingerprint density at radius 1 is 1.23 bits per heavy atom. The lowest BCUT2D eigenvalue weighted by Crippen LogP contribution is -2.36. The van der Waals surface area contributed by atoms with Crippen molar-refractivity contribution in [3.05, 3.63) is 29.8 Å². The average Bonchev–Trinajstić information content (AvgIpc) is 2.44. The molecule has 2 amide bonds. The standard InChI is InChI=1S/C17H27N3O2/c1-5-20(15-9-6-8-14(2)12-15)17(22)13-16(21)18-10-7-11-19(3)4/h6,8-9,12H,5,7,10-11,13H2,1-4H3,(H,18,21). The van der Waals surface area contributed by atoms with Crippen LogP contribution in [0.25, 0.3) is 0 Å². The molecule has 0 radical (unpaired) electrons. The van der Waals surface area contributed by atoms with Crippen LogP contribution >= 0.6 is 0 Å². The SMILES string of the molecule is CCN(C(=O)CC(=O)NCCCN(C)C)c1cccc(C)c1. The van der Waals surface area contributed by atoms with Crippen molar-refractivity contribution in [1.82, 2.24) is 10.2 Å². The normalized spacial score (nSPS) is 10.6. The minimum atomic E-state index is -0.213. The molecule has 0 saturated heterocycles. The van der Waals surface area contributed by atoms with Gasteiger partial charge in [0.2, 0.25) is 11.8 Å². The van der Waals surface area contributed by atoms with Crippen LogP contribution in [-0.4, -0.2) is 50.4 Å². The van der Waals surface area contributed by atoms with Crippen LogP contribution in [0.3, 0.4) is 0 Å². The number of hydrogen-bond donors (Lipinski definition) is 1. The van der Waals surface area contributed by atoms with E-state index in [1.807, 2.05) is 52.2 Å². The Balaban J connectivity index is 2.49. The molecule has 22 heavy (non-hydrogen) atoms. The molecule has 0 aliphatic carbocycles. The largest absolute Gasteiger partial charge is 0.356 e. The lowest BCUT2D eigenvalue weighted by atomic mass is 10.2. The Kier molecular flexibility index (Phi) is 7.60. The van der Waals surface area contributed by atoms with E-state index >= 15 is 0 Å². The van der Waals surface area contributed by atoms with E-state index in [0.29, 0.717) is 13.1 Å². The minimum Gasteiger partial charge on any atom is -0.356 e. The summed E-state index contributed by atoms with van der Waals surface area (Å²) in [6.45, 7) is 5.96. The van der Waals surface area contributed by atoms with Crippen LogP contribution in [-0.2, 0) is 9.59 Å². The number of carbonyl (C=O) groups excluding carboxylic acids is 2. The molecule has 0 saturated carbocycles. The van der Waals surface area contributed by atoms with Crippen molar-refractivity contribution >= 4 is 17.5 Å². The van der Waals surface area contributed by atoms with E-state index in [2.05, 4.69) is 10.2 Å². The Hall–Kier alpha value is -1.88. The van der Waals surface area contributed by atoms with Gasteiger partial charge in [-0.05, 0) is 58.6 Å². The van der Waals surface area contributed by atoms with Crippen molar-refractivity contribution in [1.29, 1.82) is 0 Å². The van der Waals surface area contributed by atoms with E-state index in [-0.39, 0.29) is 18.2 Å². The molecule has 1 aromatic carbocycles. The number of anilines is 1. The monoisotopic (exact) mass is 305 g/mol. The molecule has 1 rings (SSSR count). The van der Waals surface area contributed by atoms with Gasteiger partial charge in [-0.15, -0.1) is 0 Å². The zero-order valence-corrected chi connectivity index (χ0v) is 14.1. The molecule has 1 aromatic rings. The minimum absolute atomic E-state index is 0.107. The van der Waals surface area contributed by atoms with E-state index in [9.17, 15) is 9.59 Å². The van der Waals surface area contributed by atoms with Crippen molar-refractivity contribution in [3.8, 4) is 0 Å². The molecule has 5 heteroatoms. The maximum absolute atomic E-state index is 12.3. The van der Waals surface area contributed by atoms with Crippen molar-refractivity contribution in [2.45, 2.75) is 26.7 Å². The first-order valence-electron chi connectivity index (χ1n) is 7.72. The fourth-order valence-corrected chi connectivity index (χ4v) is 2.22. The van der Waals surface area contributed by atoms with Crippen molar-refractivity contribution in [2.75, 3.05) is 38.6 Å². The molecule has 0 spiro atoms. The number of amides is 2. The number of carbonyl (C=O) groups is 2. The summed E-state index contributed by atoms with van der Waals surface area (Å²) in [5.74, 6) is -0.381. The Morgan fingerprint density at radius 3 is 2.55 bits per heavy atom. The first kappa shape index (κ1) is 18.2. The fourth-order valence-electron chi connectivity index (χ4n) is 2.22. The van der Waals surface area contributed by atoms with E-state index in [4.69, 9.17) is 0 Å². The second kappa shape index (κ2) is 9.20. The molecular formula is C17H27N3O2. The van der Waals surface area contributed by atoms with Gasteiger partial charge < -0.3 is 15.1 Å². The number of benzene rings is 1. The molecule has 0 heterocycles. The molecule has 0 bridgehead atoms. The molecular weight excluding hydrogens is 278 g/mol. The van der Waals surface area contributed by atoms with Gasteiger partial charge in [-0.2, -0.15) is 0 Å². The molecule has 0 atom stereocenters. The van der Waals surface area contributed by atoms with Gasteiger partial charge >= 0.3 is 0 Å². The topological polar surface area (TPSA) is 52.7 Å². The Bertz CT molecular complexity index is 500. The third-order valence-electron chi connectivity index (χ3n) is 3.35. The summed E-state index contributed by atoms with van der Waals surface area (Å²) in [6, 6.07) is 7.75. The summed E-state index contributed by atoms with van der Waals surface area (Å²) in [5, 5.41) is 2.80. The smallest absolute Gasteiger partial charge is 0.236 e. The number of aryl methyl sites for hydroxylation is 1. The number of nitrogens with one attached hydrogen (secondary N) is 1. The molecule has 0 aliphatic rings. The first-order chi connectivity index (χ1) is 10.4. The summed E-state index contributed by atoms with van der Waals surface area (Å²) in [6.07, 6.45) is 0.770. The molecule has 0 unspecified atom stereocenters. The van der Waals surface area contributed by atoms with Crippen LogP contribution in [0.4, 0.5) is 5.69 Å². The lowest BCUT2D eigenvalue weighted by Gasteiger charge is -2.21. The van der Waals surface area contributed by atoms with E-state index < -0.39 is 0 Å².